The van der Waals surface area contributed by atoms with Crippen LogP contribution < -0.4 is 10.6 Å². The lowest BCUT2D eigenvalue weighted by molar-refractivity contribution is -0.138. The van der Waals surface area contributed by atoms with Crippen LogP contribution in [-0.2, 0) is 9.53 Å². The van der Waals surface area contributed by atoms with Gasteiger partial charge in [0.2, 0.25) is 5.91 Å². The third kappa shape index (κ3) is 6.08. The van der Waals surface area contributed by atoms with E-state index in [2.05, 4.69) is 36.3 Å². The quantitative estimate of drug-likeness (QED) is 0.482. The molecule has 2 fully saturated rings. The number of aliphatic imine (C=N–C) groups is 1. The molecule has 7 nitrogen and oxygen atoms in total. The molecule has 1 saturated heterocycles. The highest BCUT2D eigenvalue weighted by Gasteiger charge is 2.42. The van der Waals surface area contributed by atoms with Crippen LogP contribution in [0.2, 0.25) is 0 Å². The molecule has 1 aliphatic heterocycles. The summed E-state index contributed by atoms with van der Waals surface area (Å²) in [4.78, 5) is 21.9. The molecule has 28 heavy (non-hydrogen) atoms. The molecule has 2 rings (SSSR count). The van der Waals surface area contributed by atoms with E-state index in [0.29, 0.717) is 18.5 Å². The highest BCUT2D eigenvalue weighted by Crippen LogP contribution is 2.39. The summed E-state index contributed by atoms with van der Waals surface area (Å²) < 4.78 is 5.51. The van der Waals surface area contributed by atoms with Gasteiger partial charge in [-0.3, -0.25) is 14.7 Å². The molecule has 1 amide bonds. The van der Waals surface area contributed by atoms with Crippen LogP contribution >= 0.6 is 0 Å². The van der Waals surface area contributed by atoms with Gasteiger partial charge in [-0.15, -0.1) is 0 Å². The standard InChI is InChI=1S/C21H41N5O2/c1-6-22-20(23-15-18(17(2)3)26-11-13-28-14-12-26)24-16-21(9-7-8-10-21)19(27)25(4)5/h17-18H,6-16H2,1-5H3,(H2,22,23,24). The first kappa shape index (κ1) is 22.9. The zero-order valence-corrected chi connectivity index (χ0v) is 18.6. The lowest BCUT2D eigenvalue weighted by Crippen LogP contribution is -2.52. The third-order valence-electron chi connectivity index (χ3n) is 6.07. The Hall–Kier alpha value is -1.34. The van der Waals surface area contributed by atoms with Crippen molar-refractivity contribution in [1.29, 1.82) is 0 Å². The van der Waals surface area contributed by atoms with Crippen LogP contribution in [0.25, 0.3) is 0 Å². The average molecular weight is 396 g/mol. The summed E-state index contributed by atoms with van der Waals surface area (Å²) in [6.45, 7) is 12.4. The summed E-state index contributed by atoms with van der Waals surface area (Å²) in [5, 5.41) is 6.90. The van der Waals surface area contributed by atoms with Crippen molar-refractivity contribution in [2.24, 2.45) is 16.3 Å². The number of nitrogens with one attached hydrogen (secondary N) is 2. The van der Waals surface area contributed by atoms with Crippen molar-refractivity contribution in [2.75, 3.05) is 60.0 Å². The fraction of sp³-hybridized carbons (Fsp3) is 0.905. The molecule has 7 heteroatoms. The highest BCUT2D eigenvalue weighted by atomic mass is 16.5. The summed E-state index contributed by atoms with van der Waals surface area (Å²) in [7, 11) is 3.70. The van der Waals surface area contributed by atoms with Crippen molar-refractivity contribution < 1.29 is 9.53 Å². The molecule has 1 saturated carbocycles. The molecule has 162 valence electrons. The van der Waals surface area contributed by atoms with Gasteiger partial charge >= 0.3 is 0 Å². The van der Waals surface area contributed by atoms with Gasteiger partial charge in [0.15, 0.2) is 5.96 Å². The predicted octanol–water partition coefficient (Wildman–Crippen LogP) is 1.55. The average Bonchev–Trinajstić information content (AvgIpc) is 3.16. The fourth-order valence-corrected chi connectivity index (χ4v) is 4.43. The van der Waals surface area contributed by atoms with Crippen LogP contribution in [0.4, 0.5) is 0 Å². The summed E-state index contributed by atoms with van der Waals surface area (Å²) in [6.07, 6.45) is 4.11. The summed E-state index contributed by atoms with van der Waals surface area (Å²) in [5.74, 6) is 1.59. The maximum atomic E-state index is 12.8. The Morgan fingerprint density at radius 2 is 1.82 bits per heavy atom. The van der Waals surface area contributed by atoms with E-state index >= 15 is 0 Å². The van der Waals surface area contributed by atoms with Crippen LogP contribution in [0.3, 0.4) is 0 Å². The van der Waals surface area contributed by atoms with E-state index in [-0.39, 0.29) is 11.3 Å². The lowest BCUT2D eigenvalue weighted by atomic mass is 9.85. The number of rotatable bonds is 8. The van der Waals surface area contributed by atoms with Gasteiger partial charge in [0.05, 0.1) is 25.2 Å². The van der Waals surface area contributed by atoms with E-state index < -0.39 is 0 Å². The first-order chi connectivity index (χ1) is 13.4. The van der Waals surface area contributed by atoms with Crippen molar-refractivity contribution in [1.82, 2.24) is 20.4 Å². The zero-order valence-electron chi connectivity index (χ0n) is 18.6. The van der Waals surface area contributed by atoms with Gasteiger partial charge in [-0.2, -0.15) is 0 Å². The minimum Gasteiger partial charge on any atom is -0.379 e. The summed E-state index contributed by atoms with van der Waals surface area (Å²) in [5.41, 5.74) is -0.326. The molecule has 0 aromatic heterocycles. The van der Waals surface area contributed by atoms with Gasteiger partial charge < -0.3 is 20.3 Å². The van der Waals surface area contributed by atoms with E-state index in [1.54, 1.807) is 4.90 Å². The number of amides is 1. The summed E-state index contributed by atoms with van der Waals surface area (Å²) in [6, 6.07) is 0.441. The molecule has 0 spiro atoms. The Kier molecular flexibility index (Phi) is 9.02. The largest absolute Gasteiger partial charge is 0.379 e. The molecular formula is C21H41N5O2. The van der Waals surface area contributed by atoms with Crippen LogP contribution in [0.5, 0.6) is 0 Å². The molecule has 0 aromatic rings. The van der Waals surface area contributed by atoms with Crippen molar-refractivity contribution in [3.63, 3.8) is 0 Å². The van der Waals surface area contributed by atoms with Crippen molar-refractivity contribution in [3.8, 4) is 0 Å². The number of hydrogen-bond donors (Lipinski definition) is 2. The second-order valence-corrected chi connectivity index (χ2v) is 8.72. The molecule has 1 aliphatic carbocycles. The van der Waals surface area contributed by atoms with Gasteiger partial charge in [0.1, 0.15) is 0 Å². The van der Waals surface area contributed by atoms with E-state index in [0.717, 1.165) is 71.0 Å². The van der Waals surface area contributed by atoms with Crippen molar-refractivity contribution >= 4 is 11.9 Å². The number of guanidine groups is 1. The molecule has 0 bridgehead atoms. The molecule has 1 atom stereocenters. The number of hydrogen-bond acceptors (Lipinski definition) is 4. The van der Waals surface area contributed by atoms with Gasteiger partial charge in [0, 0.05) is 46.3 Å². The first-order valence-electron chi connectivity index (χ1n) is 11.0. The van der Waals surface area contributed by atoms with Crippen molar-refractivity contribution in [3.05, 3.63) is 0 Å². The Balaban J connectivity index is 2.03. The molecule has 1 unspecified atom stereocenters. The fourth-order valence-electron chi connectivity index (χ4n) is 4.43. The molecule has 2 aliphatic rings. The number of carbonyl (C=O) groups excluding carboxylic acids is 1. The van der Waals surface area contributed by atoms with Gasteiger partial charge in [-0.05, 0) is 25.7 Å². The smallest absolute Gasteiger partial charge is 0.230 e. The summed E-state index contributed by atoms with van der Waals surface area (Å²) >= 11 is 0. The molecule has 0 aromatic carbocycles. The van der Waals surface area contributed by atoms with E-state index in [1.165, 1.54) is 0 Å². The Bertz CT molecular complexity index is 509. The topological polar surface area (TPSA) is 69.2 Å². The number of morpholine rings is 1. The second kappa shape index (κ2) is 11.0. The van der Waals surface area contributed by atoms with Crippen LogP contribution in [0, 0.1) is 11.3 Å². The second-order valence-electron chi connectivity index (χ2n) is 8.72. The molecule has 1 heterocycles. The number of ether oxygens (including phenoxy) is 1. The minimum absolute atomic E-state index is 0.220. The van der Waals surface area contributed by atoms with Gasteiger partial charge in [-0.25, -0.2) is 0 Å². The first-order valence-corrected chi connectivity index (χ1v) is 11.0. The lowest BCUT2D eigenvalue weighted by Gasteiger charge is -2.37. The third-order valence-corrected chi connectivity index (χ3v) is 6.07. The maximum absolute atomic E-state index is 12.8. The minimum atomic E-state index is -0.326. The van der Waals surface area contributed by atoms with Gasteiger partial charge in [-0.1, -0.05) is 26.7 Å². The van der Waals surface area contributed by atoms with E-state index in [4.69, 9.17) is 9.73 Å². The van der Waals surface area contributed by atoms with Crippen LogP contribution in [0.1, 0.15) is 46.5 Å². The molecular weight excluding hydrogens is 354 g/mol. The van der Waals surface area contributed by atoms with Crippen LogP contribution in [0.15, 0.2) is 4.99 Å². The molecule has 2 N–H and O–H groups in total. The Morgan fingerprint density at radius 3 is 2.36 bits per heavy atom. The Labute approximate surface area is 171 Å². The van der Waals surface area contributed by atoms with Crippen molar-refractivity contribution in [2.45, 2.75) is 52.5 Å². The number of carbonyl (C=O) groups is 1. The Morgan fingerprint density at radius 1 is 1.18 bits per heavy atom. The monoisotopic (exact) mass is 395 g/mol. The molecule has 0 radical (unpaired) electrons. The van der Waals surface area contributed by atoms with E-state index in [9.17, 15) is 4.79 Å². The van der Waals surface area contributed by atoms with E-state index in [1.807, 2.05) is 14.1 Å². The SMILES string of the molecule is CCNC(=NCC1(C(=O)N(C)C)CCCC1)NCC(C(C)C)N1CCOCC1. The number of nitrogens with zero attached hydrogens (tertiary/aromatic N) is 3. The highest BCUT2D eigenvalue weighted by molar-refractivity contribution is 5.84. The maximum Gasteiger partial charge on any atom is 0.230 e. The zero-order chi connectivity index (χ0) is 20.6. The predicted molar refractivity (Wildman–Crippen MR) is 115 cm³/mol. The normalized spacial score (nSPS) is 21.6. The van der Waals surface area contributed by atoms with Gasteiger partial charge in [0.25, 0.3) is 0 Å². The van der Waals surface area contributed by atoms with Crippen LogP contribution in [-0.4, -0.2) is 87.7 Å².